The Kier molecular flexibility index (Phi) is 10.4. The lowest BCUT2D eigenvalue weighted by Crippen LogP contribution is -2.13. The van der Waals surface area contributed by atoms with Gasteiger partial charge in [0.1, 0.15) is 0 Å². The molecule has 0 N–H and O–H groups in total. The Labute approximate surface area is 397 Å². The van der Waals surface area contributed by atoms with Gasteiger partial charge in [0.25, 0.3) is 0 Å². The molecule has 3 heteroatoms. The van der Waals surface area contributed by atoms with Gasteiger partial charge >= 0.3 is 0 Å². The minimum Gasteiger partial charge on any atom is -0.310 e. The number of anilines is 9. The molecule has 68 heavy (non-hydrogen) atoms. The maximum Gasteiger partial charge on any atom is 0.0619 e. The number of para-hydroxylation sites is 4. The standard InChI is InChI=1S/C65H47N3/c1-46-36-38-49(39-37-46)64-58-42-40-55(67(51-26-8-3-9-27-51)63-35-19-23-48-21-15-17-33-57(48)63)45-61(58)65(68(52-28-10-4-11-29-52)53-30-12-5-13-31-53)59-43-41-54(44-60(59)64)66(50-24-6-2-7-25-50)62-34-18-22-47-20-14-16-32-56(47)62/h2-45H,1H3. The Morgan fingerprint density at radius 1 is 0.250 bits per heavy atom. The van der Waals surface area contributed by atoms with E-state index in [2.05, 4.69) is 289 Å². The molecular formula is C65H47N3. The molecule has 0 amide bonds. The van der Waals surface area contributed by atoms with Gasteiger partial charge in [-0.05, 0) is 125 Å². The summed E-state index contributed by atoms with van der Waals surface area (Å²) >= 11 is 0. The number of nitrogens with zero attached hydrogens (tertiary/aromatic N) is 3. The predicted molar refractivity (Wildman–Crippen MR) is 291 cm³/mol. The first-order chi connectivity index (χ1) is 33.7. The van der Waals surface area contributed by atoms with Gasteiger partial charge in [0.15, 0.2) is 0 Å². The van der Waals surface area contributed by atoms with Gasteiger partial charge in [-0.25, -0.2) is 0 Å². The van der Waals surface area contributed by atoms with E-state index in [-0.39, 0.29) is 0 Å². The number of fused-ring (bicyclic) bond motifs is 4. The fourth-order valence-corrected chi connectivity index (χ4v) is 10.1. The molecule has 0 unspecified atom stereocenters. The normalized spacial score (nSPS) is 11.3. The summed E-state index contributed by atoms with van der Waals surface area (Å²) in [6.07, 6.45) is 0. The maximum atomic E-state index is 2.46. The zero-order chi connectivity index (χ0) is 45.4. The van der Waals surface area contributed by atoms with Gasteiger partial charge < -0.3 is 14.7 Å². The molecule has 12 aromatic carbocycles. The summed E-state index contributed by atoms with van der Waals surface area (Å²) in [6, 6.07) is 97.1. The highest BCUT2D eigenvalue weighted by Crippen LogP contribution is 2.52. The van der Waals surface area contributed by atoms with Gasteiger partial charge in [-0.1, -0.05) is 188 Å². The third kappa shape index (κ3) is 7.28. The summed E-state index contributed by atoms with van der Waals surface area (Å²) in [5.74, 6) is 0. The van der Waals surface area contributed by atoms with E-state index in [1.54, 1.807) is 0 Å². The van der Waals surface area contributed by atoms with Crippen LogP contribution in [0, 0.1) is 6.92 Å². The summed E-state index contributed by atoms with van der Waals surface area (Å²) in [6.45, 7) is 2.17. The Hall–Kier alpha value is -8.92. The van der Waals surface area contributed by atoms with Crippen molar-refractivity contribution in [2.24, 2.45) is 0 Å². The lowest BCUT2D eigenvalue weighted by atomic mass is 9.88. The second-order valence-corrected chi connectivity index (χ2v) is 17.4. The van der Waals surface area contributed by atoms with Gasteiger partial charge in [-0.2, -0.15) is 0 Å². The minimum atomic E-state index is 1.07. The summed E-state index contributed by atoms with van der Waals surface area (Å²) in [5, 5.41) is 9.39. The molecule has 0 heterocycles. The molecule has 0 fully saturated rings. The van der Waals surface area contributed by atoms with Crippen molar-refractivity contribution in [3.8, 4) is 11.1 Å². The van der Waals surface area contributed by atoms with Crippen LogP contribution < -0.4 is 14.7 Å². The first-order valence-electron chi connectivity index (χ1n) is 23.3. The average molecular weight is 870 g/mol. The lowest BCUT2D eigenvalue weighted by Gasteiger charge is -2.32. The third-order valence-electron chi connectivity index (χ3n) is 13.2. The van der Waals surface area contributed by atoms with E-state index in [9.17, 15) is 0 Å². The summed E-state index contributed by atoms with van der Waals surface area (Å²) in [4.78, 5) is 7.29. The molecule has 0 radical (unpaired) electrons. The third-order valence-corrected chi connectivity index (χ3v) is 13.2. The minimum absolute atomic E-state index is 1.07. The summed E-state index contributed by atoms with van der Waals surface area (Å²) in [7, 11) is 0. The molecule has 0 bridgehead atoms. The quantitative estimate of drug-likeness (QED) is 0.127. The molecule has 0 aromatic heterocycles. The van der Waals surface area contributed by atoms with Gasteiger partial charge in [0.05, 0.1) is 17.1 Å². The first-order valence-corrected chi connectivity index (χ1v) is 23.3. The van der Waals surface area contributed by atoms with Crippen molar-refractivity contribution in [1.29, 1.82) is 0 Å². The highest BCUT2D eigenvalue weighted by atomic mass is 15.2. The Morgan fingerprint density at radius 3 is 1.13 bits per heavy atom. The SMILES string of the molecule is Cc1ccc(-c2c3cc(N(c4ccccc4)c4cccc5ccccc45)ccc3c(N(c3ccccc3)c3ccccc3)c3cc(N(c4ccccc4)c4cccc5ccccc45)ccc23)cc1. The van der Waals surface area contributed by atoms with Crippen molar-refractivity contribution < 1.29 is 0 Å². The van der Waals surface area contributed by atoms with Crippen molar-refractivity contribution in [3.05, 3.63) is 272 Å². The van der Waals surface area contributed by atoms with Crippen molar-refractivity contribution in [2.75, 3.05) is 14.7 Å². The van der Waals surface area contributed by atoms with Gasteiger partial charge in [0, 0.05) is 55.7 Å². The van der Waals surface area contributed by atoms with Gasteiger partial charge in [0.2, 0.25) is 0 Å². The van der Waals surface area contributed by atoms with Crippen LogP contribution in [0.15, 0.2) is 267 Å². The van der Waals surface area contributed by atoms with Crippen LogP contribution in [0.4, 0.5) is 51.2 Å². The zero-order valence-electron chi connectivity index (χ0n) is 37.7. The fraction of sp³-hybridized carbons (Fsp3) is 0.0154. The molecule has 0 atom stereocenters. The number of hydrogen-bond acceptors (Lipinski definition) is 3. The monoisotopic (exact) mass is 869 g/mol. The Bertz CT molecular complexity index is 3690. The predicted octanol–water partition coefficient (Wildman–Crippen LogP) is 18.7. The van der Waals surface area contributed by atoms with Crippen LogP contribution in [-0.2, 0) is 0 Å². The fourth-order valence-electron chi connectivity index (χ4n) is 10.1. The Balaban J connectivity index is 1.22. The highest BCUT2D eigenvalue weighted by Gasteiger charge is 2.26. The summed E-state index contributed by atoms with van der Waals surface area (Å²) in [5.41, 5.74) is 13.4. The first kappa shape index (κ1) is 40.6. The van der Waals surface area contributed by atoms with E-state index in [1.807, 2.05) is 0 Å². The van der Waals surface area contributed by atoms with Crippen LogP contribution in [0.25, 0.3) is 54.2 Å². The lowest BCUT2D eigenvalue weighted by molar-refractivity contribution is 1.29. The van der Waals surface area contributed by atoms with Gasteiger partial charge in [-0.3, -0.25) is 0 Å². The van der Waals surface area contributed by atoms with Crippen LogP contribution in [0.5, 0.6) is 0 Å². The molecule has 0 aliphatic rings. The molecule has 0 aliphatic heterocycles. The Morgan fingerprint density at radius 2 is 0.647 bits per heavy atom. The number of rotatable bonds is 10. The van der Waals surface area contributed by atoms with Crippen LogP contribution in [0.3, 0.4) is 0 Å². The van der Waals surface area contributed by atoms with E-state index in [0.717, 1.165) is 72.7 Å². The van der Waals surface area contributed by atoms with E-state index >= 15 is 0 Å². The van der Waals surface area contributed by atoms with E-state index < -0.39 is 0 Å². The van der Waals surface area contributed by atoms with Crippen LogP contribution in [-0.4, -0.2) is 0 Å². The molecule has 322 valence electrons. The largest absolute Gasteiger partial charge is 0.310 e. The molecule has 0 saturated carbocycles. The van der Waals surface area contributed by atoms with Crippen LogP contribution in [0.1, 0.15) is 5.56 Å². The maximum absolute atomic E-state index is 2.46. The van der Waals surface area contributed by atoms with E-state index in [4.69, 9.17) is 0 Å². The van der Waals surface area contributed by atoms with Crippen LogP contribution in [0.2, 0.25) is 0 Å². The molecular weight excluding hydrogens is 823 g/mol. The zero-order valence-corrected chi connectivity index (χ0v) is 37.7. The number of hydrogen-bond donors (Lipinski definition) is 0. The van der Waals surface area contributed by atoms with E-state index in [1.165, 1.54) is 38.2 Å². The van der Waals surface area contributed by atoms with E-state index in [0.29, 0.717) is 0 Å². The second-order valence-electron chi connectivity index (χ2n) is 17.4. The molecule has 3 nitrogen and oxygen atoms in total. The molecule has 0 saturated heterocycles. The average Bonchev–Trinajstić information content (AvgIpc) is 3.40. The molecule has 12 rings (SSSR count). The van der Waals surface area contributed by atoms with Crippen molar-refractivity contribution >= 4 is 94.3 Å². The number of benzene rings is 12. The highest BCUT2D eigenvalue weighted by molar-refractivity contribution is 6.24. The molecule has 0 aliphatic carbocycles. The van der Waals surface area contributed by atoms with Crippen molar-refractivity contribution in [2.45, 2.75) is 6.92 Å². The van der Waals surface area contributed by atoms with Crippen molar-refractivity contribution in [3.63, 3.8) is 0 Å². The summed E-state index contributed by atoms with van der Waals surface area (Å²) < 4.78 is 0. The second kappa shape index (κ2) is 17.5. The number of aryl methyl sites for hydroxylation is 1. The topological polar surface area (TPSA) is 9.72 Å². The van der Waals surface area contributed by atoms with Crippen molar-refractivity contribution in [1.82, 2.24) is 0 Å². The molecule has 12 aromatic rings. The smallest absolute Gasteiger partial charge is 0.0619 e. The van der Waals surface area contributed by atoms with Gasteiger partial charge in [-0.15, -0.1) is 0 Å². The molecule has 0 spiro atoms. The van der Waals surface area contributed by atoms with Crippen LogP contribution >= 0.6 is 0 Å².